The minimum atomic E-state index is -0.909. The molecule has 1 atom stereocenters. The van der Waals surface area contributed by atoms with E-state index in [-0.39, 0.29) is 23.0 Å². The van der Waals surface area contributed by atoms with Crippen molar-refractivity contribution < 1.29 is 18.7 Å². The largest absolute Gasteiger partial charge is 0.508 e. The number of halogens is 2. The van der Waals surface area contributed by atoms with Crippen LogP contribution in [0.2, 0.25) is 0 Å². The van der Waals surface area contributed by atoms with E-state index in [1.54, 1.807) is 6.07 Å². The average Bonchev–Trinajstić information content (AvgIpc) is 3.63. The summed E-state index contributed by atoms with van der Waals surface area (Å²) in [6.07, 6.45) is 4.01. The molecule has 1 aliphatic heterocycles. The van der Waals surface area contributed by atoms with Gasteiger partial charge in [-0.3, -0.25) is 9.48 Å². The third-order valence-corrected chi connectivity index (χ3v) is 6.76. The molecule has 1 unspecified atom stereocenters. The number of phenols is 1. The van der Waals surface area contributed by atoms with Crippen LogP contribution in [0.1, 0.15) is 65.1 Å². The number of carbonyl (C=O) groups excluding carboxylic acids is 1. The van der Waals surface area contributed by atoms with Crippen LogP contribution < -0.4 is 5.32 Å². The zero-order valence-corrected chi connectivity index (χ0v) is 20.0. The first-order valence-corrected chi connectivity index (χ1v) is 12.2. The van der Waals surface area contributed by atoms with E-state index in [0.29, 0.717) is 17.2 Å². The third-order valence-electron chi connectivity index (χ3n) is 6.76. The highest BCUT2D eigenvalue weighted by Gasteiger charge is 2.29. The number of nitrogens with zero attached hydrogens (tertiary/aromatic N) is 3. The Bertz CT molecular complexity index is 1310. The number of benzene rings is 2. The second-order valence-electron chi connectivity index (χ2n) is 9.60. The second-order valence-corrected chi connectivity index (χ2v) is 9.60. The first kappa shape index (κ1) is 24.0. The van der Waals surface area contributed by atoms with Crippen LogP contribution in [0.5, 0.6) is 5.75 Å². The Balaban J connectivity index is 1.43. The highest BCUT2D eigenvalue weighted by molar-refractivity contribution is 5.93. The molecule has 2 heterocycles. The van der Waals surface area contributed by atoms with Crippen LogP contribution in [-0.4, -0.2) is 45.8 Å². The van der Waals surface area contributed by atoms with Crippen molar-refractivity contribution in [1.82, 2.24) is 20.0 Å². The summed E-state index contributed by atoms with van der Waals surface area (Å²) in [6.45, 7) is 2.04. The molecule has 0 spiro atoms. The quantitative estimate of drug-likeness (QED) is 0.520. The highest BCUT2D eigenvalue weighted by atomic mass is 19.1. The van der Waals surface area contributed by atoms with Gasteiger partial charge in [0.1, 0.15) is 23.1 Å². The Labute approximate surface area is 208 Å². The van der Waals surface area contributed by atoms with Gasteiger partial charge >= 0.3 is 0 Å². The first-order chi connectivity index (χ1) is 17.4. The van der Waals surface area contributed by atoms with E-state index < -0.39 is 23.6 Å². The predicted octanol–water partition coefficient (Wildman–Crippen LogP) is 4.41. The van der Waals surface area contributed by atoms with E-state index in [1.165, 1.54) is 30.3 Å². The van der Waals surface area contributed by atoms with Gasteiger partial charge in [0, 0.05) is 17.5 Å². The second kappa shape index (κ2) is 10.1. The van der Waals surface area contributed by atoms with Gasteiger partial charge in [0.2, 0.25) is 0 Å². The molecule has 1 amide bonds. The number of amides is 1. The van der Waals surface area contributed by atoms with Gasteiger partial charge in [-0.1, -0.05) is 18.1 Å². The molecule has 6 nitrogen and oxygen atoms in total. The number of likely N-dealkylation sites (tertiary alicyclic amines) is 1. The number of phenolic OH excluding ortho intramolecular Hbond substituents is 1. The molecule has 2 aromatic carbocycles. The van der Waals surface area contributed by atoms with Gasteiger partial charge in [-0.25, -0.2) is 8.78 Å². The lowest BCUT2D eigenvalue weighted by Gasteiger charge is -2.25. The molecule has 2 N–H and O–H groups in total. The van der Waals surface area contributed by atoms with Crippen LogP contribution in [-0.2, 0) is 0 Å². The molecule has 0 bridgehead atoms. The molecule has 1 saturated heterocycles. The number of aromatic hydroxyl groups is 1. The zero-order valence-electron chi connectivity index (χ0n) is 20.0. The monoisotopic (exact) mass is 490 g/mol. The van der Waals surface area contributed by atoms with Gasteiger partial charge in [0.15, 0.2) is 5.69 Å². The summed E-state index contributed by atoms with van der Waals surface area (Å²) >= 11 is 0. The summed E-state index contributed by atoms with van der Waals surface area (Å²) < 4.78 is 29.4. The van der Waals surface area contributed by atoms with E-state index in [1.807, 2.05) is 4.68 Å². The summed E-state index contributed by atoms with van der Waals surface area (Å²) in [5.74, 6) is 5.26. The number of rotatable bonds is 5. The minimum absolute atomic E-state index is 0.166. The fourth-order valence-corrected chi connectivity index (χ4v) is 4.48. The Morgan fingerprint density at radius 3 is 2.44 bits per heavy atom. The lowest BCUT2D eigenvalue weighted by Crippen LogP contribution is -2.30. The minimum Gasteiger partial charge on any atom is -0.508 e. The van der Waals surface area contributed by atoms with Crippen molar-refractivity contribution in [1.29, 1.82) is 0 Å². The van der Waals surface area contributed by atoms with Gasteiger partial charge in [-0.05, 0) is 87.6 Å². The standard InChI is InChI=1S/C28H28F2N4O2/c1-33-14-12-18(13-15-33)2-8-23-17-25(32-34(23)22-9-10-22)28(36)31-27(19-3-5-20(29)6-4-19)24-16-21(30)7-11-26(24)35/h3-7,11,16-18,22,27,35H,9-10,12-15H2,1H3,(H,31,36). The summed E-state index contributed by atoms with van der Waals surface area (Å²) in [5, 5.41) is 17.8. The summed E-state index contributed by atoms with van der Waals surface area (Å²) in [4.78, 5) is 15.6. The molecule has 186 valence electrons. The molecule has 2 aliphatic rings. The van der Waals surface area contributed by atoms with Crippen LogP contribution in [0, 0.1) is 29.4 Å². The van der Waals surface area contributed by atoms with Gasteiger partial charge in [-0.15, -0.1) is 0 Å². The first-order valence-electron chi connectivity index (χ1n) is 12.2. The molecule has 36 heavy (non-hydrogen) atoms. The number of hydrogen-bond acceptors (Lipinski definition) is 4. The van der Waals surface area contributed by atoms with Crippen molar-refractivity contribution >= 4 is 5.91 Å². The van der Waals surface area contributed by atoms with E-state index >= 15 is 0 Å². The third kappa shape index (κ3) is 5.42. The average molecular weight is 491 g/mol. The van der Waals surface area contributed by atoms with Crippen molar-refractivity contribution in [3.63, 3.8) is 0 Å². The Hall–Kier alpha value is -3.70. The maximum Gasteiger partial charge on any atom is 0.272 e. The maximum absolute atomic E-state index is 14.0. The number of nitrogens with one attached hydrogen (secondary N) is 1. The van der Waals surface area contributed by atoms with Crippen molar-refractivity contribution in [2.45, 2.75) is 37.8 Å². The van der Waals surface area contributed by atoms with Crippen molar-refractivity contribution in [2.75, 3.05) is 20.1 Å². The fourth-order valence-electron chi connectivity index (χ4n) is 4.48. The molecular weight excluding hydrogens is 462 g/mol. The van der Waals surface area contributed by atoms with Crippen molar-refractivity contribution in [3.05, 3.63) is 82.7 Å². The fraction of sp³-hybridized carbons (Fsp3) is 0.357. The Morgan fingerprint density at radius 2 is 1.75 bits per heavy atom. The summed E-state index contributed by atoms with van der Waals surface area (Å²) in [6, 6.07) is 10.0. The predicted molar refractivity (Wildman–Crippen MR) is 131 cm³/mol. The number of hydrogen-bond donors (Lipinski definition) is 2. The SMILES string of the molecule is CN1CCC(C#Cc2cc(C(=O)NC(c3ccc(F)cc3)c3cc(F)ccc3O)nn2C2CC2)CC1. The van der Waals surface area contributed by atoms with Crippen LogP contribution in [0.4, 0.5) is 8.78 Å². The van der Waals surface area contributed by atoms with E-state index in [4.69, 9.17) is 0 Å². The summed E-state index contributed by atoms with van der Waals surface area (Å²) in [5.41, 5.74) is 1.56. The molecular formula is C28H28F2N4O2. The number of piperidine rings is 1. The van der Waals surface area contributed by atoms with Gasteiger partial charge in [-0.2, -0.15) is 5.10 Å². The lowest BCUT2D eigenvalue weighted by molar-refractivity contribution is 0.0936. The Morgan fingerprint density at radius 1 is 1.06 bits per heavy atom. The zero-order chi connectivity index (χ0) is 25.2. The summed E-state index contributed by atoms with van der Waals surface area (Å²) in [7, 11) is 2.11. The van der Waals surface area contributed by atoms with Crippen LogP contribution in [0.15, 0.2) is 48.5 Å². The van der Waals surface area contributed by atoms with E-state index in [0.717, 1.165) is 50.9 Å². The number of aromatic nitrogens is 2. The molecule has 0 radical (unpaired) electrons. The van der Waals surface area contributed by atoms with Crippen molar-refractivity contribution in [3.8, 4) is 17.6 Å². The number of carbonyl (C=O) groups is 1. The van der Waals surface area contributed by atoms with Crippen LogP contribution in [0.3, 0.4) is 0 Å². The molecule has 1 aromatic heterocycles. The van der Waals surface area contributed by atoms with E-state index in [2.05, 4.69) is 34.2 Å². The molecule has 1 saturated carbocycles. The molecule has 3 aromatic rings. The van der Waals surface area contributed by atoms with Crippen LogP contribution >= 0.6 is 0 Å². The molecule has 5 rings (SSSR count). The van der Waals surface area contributed by atoms with Gasteiger partial charge < -0.3 is 15.3 Å². The van der Waals surface area contributed by atoms with E-state index in [9.17, 15) is 18.7 Å². The van der Waals surface area contributed by atoms with Gasteiger partial charge in [0.25, 0.3) is 5.91 Å². The smallest absolute Gasteiger partial charge is 0.272 e. The molecule has 2 fully saturated rings. The van der Waals surface area contributed by atoms with Crippen molar-refractivity contribution in [2.24, 2.45) is 5.92 Å². The van der Waals surface area contributed by atoms with Crippen LogP contribution in [0.25, 0.3) is 0 Å². The Kier molecular flexibility index (Phi) is 6.75. The maximum atomic E-state index is 14.0. The molecule has 1 aliphatic carbocycles. The lowest BCUT2D eigenvalue weighted by atomic mass is 9.97. The molecule has 8 heteroatoms. The highest BCUT2D eigenvalue weighted by Crippen LogP contribution is 2.36. The topological polar surface area (TPSA) is 70.4 Å². The normalized spacial score (nSPS) is 17.3. The van der Waals surface area contributed by atoms with Gasteiger partial charge in [0.05, 0.1) is 12.1 Å².